The van der Waals surface area contributed by atoms with Gasteiger partial charge in [0.25, 0.3) is 5.89 Å². The molecule has 1 aromatic carbocycles. The molecule has 0 unspecified atom stereocenters. The summed E-state index contributed by atoms with van der Waals surface area (Å²) in [5.74, 6) is -57.8. The van der Waals surface area contributed by atoms with E-state index in [1.807, 2.05) is 0 Å². The Kier molecular flexibility index (Phi) is 10.3. The maximum Gasteiger partial charge on any atom is 0.460 e. The SMILES string of the molecule is FC(F)(F)C(F)(F)C(F)(F)C(F)(F)C(F)(F)C(F)(F)C(F)(F)C(F)(F)CCSc1ccc(-c2nnc(C(Br)(Br)Br)o2)cc1. The van der Waals surface area contributed by atoms with Crippen molar-refractivity contribution >= 4 is 59.6 Å². The summed E-state index contributed by atoms with van der Waals surface area (Å²) in [4.78, 5) is -0.0731. The van der Waals surface area contributed by atoms with Crippen LogP contribution in [0.15, 0.2) is 33.6 Å². The van der Waals surface area contributed by atoms with Gasteiger partial charge in [-0.2, -0.15) is 74.6 Å². The normalized spacial score (nSPS) is 15.3. The summed E-state index contributed by atoms with van der Waals surface area (Å²) in [6.07, 6.45) is -10.3. The first-order chi connectivity index (χ1) is 18.9. The van der Waals surface area contributed by atoms with Crippen molar-refractivity contribution in [1.29, 1.82) is 0 Å². The Bertz CT molecular complexity index is 1280. The van der Waals surface area contributed by atoms with Crippen LogP contribution in [-0.2, 0) is 2.14 Å². The lowest BCUT2D eigenvalue weighted by molar-refractivity contribution is -0.461. The van der Waals surface area contributed by atoms with Gasteiger partial charge in [-0.1, -0.05) is 0 Å². The van der Waals surface area contributed by atoms with Crippen LogP contribution in [0.3, 0.4) is 0 Å². The predicted octanol–water partition coefficient (Wildman–Crippen LogP) is 10.5. The van der Waals surface area contributed by atoms with Gasteiger partial charge < -0.3 is 4.42 Å². The smallest absolute Gasteiger partial charge is 0.417 e. The summed E-state index contributed by atoms with van der Waals surface area (Å²) in [5, 5.41) is 7.35. The largest absolute Gasteiger partial charge is 0.460 e. The van der Waals surface area contributed by atoms with Crippen molar-refractivity contribution in [2.75, 3.05) is 5.75 Å². The molecule has 3 nitrogen and oxygen atoms in total. The Morgan fingerprint density at radius 3 is 1.40 bits per heavy atom. The molecule has 2 aromatic rings. The molecule has 1 heterocycles. The number of nitrogens with zero attached hydrogens (tertiary/aromatic N) is 2. The van der Waals surface area contributed by atoms with Crippen LogP contribution >= 0.6 is 59.6 Å². The Morgan fingerprint density at radius 1 is 0.581 bits per heavy atom. The van der Waals surface area contributed by atoms with E-state index in [9.17, 15) is 74.6 Å². The highest BCUT2D eigenvalue weighted by Gasteiger charge is 2.95. The molecule has 0 saturated heterocycles. The number of rotatable bonds is 11. The quantitative estimate of drug-likeness (QED) is 0.128. The number of aromatic nitrogens is 2. The molecule has 0 atom stereocenters. The summed E-state index contributed by atoms with van der Waals surface area (Å²) < 4.78 is 231. The second-order valence-corrected chi connectivity index (χ2v) is 16.1. The molecule has 0 radical (unpaired) electrons. The highest BCUT2D eigenvalue weighted by Crippen LogP contribution is 2.64. The Balaban J connectivity index is 2.25. The van der Waals surface area contributed by atoms with Crippen molar-refractivity contribution in [3.05, 3.63) is 30.2 Å². The maximum absolute atomic E-state index is 14.0. The van der Waals surface area contributed by atoms with E-state index in [0.717, 1.165) is 12.1 Å². The van der Waals surface area contributed by atoms with Crippen LogP contribution in [0.25, 0.3) is 11.5 Å². The first-order valence-electron chi connectivity index (χ1n) is 10.3. The summed E-state index contributed by atoms with van der Waals surface area (Å²) in [6, 6.07) is 4.63. The van der Waals surface area contributed by atoms with Gasteiger partial charge in [0.15, 0.2) is 0 Å². The predicted molar refractivity (Wildman–Crippen MR) is 124 cm³/mol. The molecule has 24 heteroatoms. The summed E-state index contributed by atoms with van der Waals surface area (Å²) in [7, 11) is 0. The van der Waals surface area contributed by atoms with Crippen LogP contribution < -0.4 is 0 Å². The minimum atomic E-state index is -8.64. The lowest BCUT2D eigenvalue weighted by atomic mass is 9.88. The molecule has 0 spiro atoms. The van der Waals surface area contributed by atoms with Gasteiger partial charge in [0.2, 0.25) is 8.03 Å². The fourth-order valence-electron chi connectivity index (χ4n) is 2.80. The summed E-state index contributed by atoms with van der Waals surface area (Å²) >= 11 is 9.45. The van der Waals surface area contributed by atoms with Gasteiger partial charge in [0, 0.05) is 22.6 Å². The van der Waals surface area contributed by atoms with Crippen LogP contribution in [-0.4, -0.2) is 63.6 Å². The lowest BCUT2D eigenvalue weighted by Crippen LogP contribution is -2.74. The summed E-state index contributed by atoms with van der Waals surface area (Å²) in [5.41, 5.74) is 0.201. The number of alkyl halides is 20. The molecule has 2 rings (SSSR count). The number of hydrogen-bond acceptors (Lipinski definition) is 4. The van der Waals surface area contributed by atoms with Gasteiger partial charge in [-0.3, -0.25) is 0 Å². The third kappa shape index (κ3) is 6.48. The van der Waals surface area contributed by atoms with E-state index in [1.54, 1.807) is 0 Å². The van der Waals surface area contributed by atoms with Crippen molar-refractivity contribution in [2.45, 2.75) is 61.1 Å². The van der Waals surface area contributed by atoms with Crippen molar-refractivity contribution in [1.82, 2.24) is 10.2 Å². The highest BCUT2D eigenvalue weighted by atomic mass is 80.0. The zero-order valence-electron chi connectivity index (χ0n) is 19.5. The van der Waals surface area contributed by atoms with Gasteiger partial charge >= 0.3 is 47.6 Å². The third-order valence-corrected chi connectivity index (χ3v) is 7.27. The van der Waals surface area contributed by atoms with Crippen LogP contribution in [0, 0.1) is 0 Å². The second-order valence-electron chi connectivity index (χ2n) is 8.18. The molecule has 0 saturated carbocycles. The molecule has 0 fully saturated rings. The molecular weight excluding hydrogens is 867 g/mol. The van der Waals surface area contributed by atoms with Crippen molar-refractivity contribution in [2.24, 2.45) is 0 Å². The van der Waals surface area contributed by atoms with Crippen molar-refractivity contribution < 1.29 is 79.1 Å². The molecule has 0 bridgehead atoms. The molecule has 1 aromatic heterocycles. The number of halogens is 20. The minimum Gasteiger partial charge on any atom is -0.417 e. The van der Waals surface area contributed by atoms with Crippen LogP contribution in [0.5, 0.6) is 0 Å². The van der Waals surface area contributed by atoms with Gasteiger partial charge in [-0.25, -0.2) is 0 Å². The Morgan fingerprint density at radius 2 is 1.00 bits per heavy atom. The van der Waals surface area contributed by atoms with Crippen molar-refractivity contribution in [3.63, 3.8) is 0 Å². The summed E-state index contributed by atoms with van der Waals surface area (Å²) in [6.45, 7) is 0. The average Bonchev–Trinajstić information content (AvgIpc) is 3.34. The molecule has 246 valence electrons. The third-order valence-electron chi connectivity index (χ3n) is 5.24. The van der Waals surface area contributed by atoms with Crippen LogP contribution in [0.2, 0.25) is 0 Å². The van der Waals surface area contributed by atoms with Crippen LogP contribution in [0.4, 0.5) is 74.6 Å². The number of hydrogen-bond donors (Lipinski definition) is 0. The zero-order chi connectivity index (χ0) is 33.9. The topological polar surface area (TPSA) is 38.9 Å². The van der Waals surface area contributed by atoms with Gasteiger partial charge in [-0.15, -0.1) is 22.0 Å². The van der Waals surface area contributed by atoms with Gasteiger partial charge in [-0.05, 0) is 72.1 Å². The molecule has 0 aliphatic carbocycles. The minimum absolute atomic E-state index is 0.0259. The highest BCUT2D eigenvalue weighted by molar-refractivity contribution is 9.38. The van der Waals surface area contributed by atoms with Crippen molar-refractivity contribution in [3.8, 4) is 11.5 Å². The van der Waals surface area contributed by atoms with Gasteiger partial charge in [0.1, 0.15) is 0 Å². The fraction of sp³-hybridized carbons (Fsp3) is 0.579. The fourth-order valence-corrected chi connectivity index (χ4v) is 4.20. The van der Waals surface area contributed by atoms with E-state index in [2.05, 4.69) is 58.0 Å². The maximum atomic E-state index is 14.0. The van der Waals surface area contributed by atoms with Gasteiger partial charge in [0.05, 0.1) is 0 Å². The van der Waals surface area contributed by atoms with E-state index in [-0.39, 0.29) is 34.0 Å². The standard InChI is InChI=1S/C19H8Br3F17N2OS/c20-12(21,22)10-41-40-9(42-10)7-1-3-8(4-2-7)43-6-5-11(23,24)13(25,26)14(27,28)15(29,30)16(31,32)17(33,34)18(35,36)19(37,38)39/h1-4H,5-6H2. The van der Waals surface area contributed by atoms with E-state index < -0.39 is 62.0 Å². The van der Waals surface area contributed by atoms with E-state index in [1.165, 1.54) is 12.1 Å². The zero-order valence-corrected chi connectivity index (χ0v) is 25.1. The molecule has 0 amide bonds. The number of thioether (sulfide) groups is 1. The molecule has 43 heavy (non-hydrogen) atoms. The van der Waals surface area contributed by atoms with E-state index >= 15 is 0 Å². The molecular formula is C19H8Br3F17N2OS. The molecule has 0 aliphatic heterocycles. The monoisotopic (exact) mass is 872 g/mol. The van der Waals surface area contributed by atoms with E-state index in [0.29, 0.717) is 0 Å². The first-order valence-corrected chi connectivity index (χ1v) is 13.6. The number of benzene rings is 1. The Labute approximate surface area is 256 Å². The average molecular weight is 875 g/mol. The van der Waals surface area contributed by atoms with Crippen LogP contribution in [0.1, 0.15) is 12.3 Å². The second kappa shape index (κ2) is 11.6. The molecule has 0 aliphatic rings. The van der Waals surface area contributed by atoms with E-state index in [4.69, 9.17) is 4.42 Å². The molecule has 0 N–H and O–H groups in total. The Hall–Kier alpha value is -1.04. The lowest BCUT2D eigenvalue weighted by Gasteiger charge is -2.42. The first kappa shape index (κ1) is 38.1.